The van der Waals surface area contributed by atoms with Crippen LogP contribution in [0.5, 0.6) is 0 Å². The van der Waals surface area contributed by atoms with Gasteiger partial charge in [-0.2, -0.15) is 0 Å². The van der Waals surface area contributed by atoms with Crippen LogP contribution in [0.2, 0.25) is 0 Å². The van der Waals surface area contributed by atoms with Gasteiger partial charge in [0, 0.05) is 5.92 Å². The van der Waals surface area contributed by atoms with Crippen molar-refractivity contribution < 1.29 is 4.79 Å². The molecule has 4 atom stereocenters. The van der Waals surface area contributed by atoms with E-state index < -0.39 is 0 Å². The minimum Gasteiger partial charge on any atom is -0.294 e. The number of ketones is 1. The third-order valence-electron chi connectivity index (χ3n) is 4.73. The maximum Gasteiger partial charge on any atom is 0.162 e. The highest BCUT2D eigenvalue weighted by Crippen LogP contribution is 2.58. The van der Waals surface area contributed by atoms with E-state index in [2.05, 4.69) is 6.92 Å². The summed E-state index contributed by atoms with van der Waals surface area (Å²) in [5.74, 6) is 3.19. The van der Waals surface area contributed by atoms with E-state index in [0.717, 1.165) is 23.3 Å². The normalized spacial score (nSPS) is 47.7. The zero-order valence-corrected chi connectivity index (χ0v) is 8.34. The van der Waals surface area contributed by atoms with Crippen LogP contribution < -0.4 is 0 Å². The van der Waals surface area contributed by atoms with E-state index in [0.29, 0.717) is 11.7 Å². The SMILES string of the molecule is CC1=C(C)C2CC3CCC2C3C1=O. The fourth-order valence-electron chi connectivity index (χ4n) is 3.96. The molecule has 0 aliphatic heterocycles. The Hall–Kier alpha value is -0.590. The molecule has 4 bridgehead atoms. The molecule has 0 heterocycles. The number of rotatable bonds is 0. The predicted octanol–water partition coefficient (Wildman–Crippen LogP) is 2.57. The van der Waals surface area contributed by atoms with Crippen molar-refractivity contribution in [2.45, 2.75) is 33.1 Å². The molecule has 3 aliphatic carbocycles. The third kappa shape index (κ3) is 0.762. The standard InChI is InChI=1S/C12H16O/c1-6-7(2)12(13)11-8-3-4-9(11)10(6)5-8/h8-11H,3-5H2,1-2H3. The van der Waals surface area contributed by atoms with Crippen LogP contribution in [0.3, 0.4) is 0 Å². The van der Waals surface area contributed by atoms with Crippen molar-refractivity contribution in [2.75, 3.05) is 0 Å². The molecule has 0 N–H and O–H groups in total. The van der Waals surface area contributed by atoms with E-state index in [-0.39, 0.29) is 0 Å². The molecular formula is C12H16O. The Morgan fingerprint density at radius 1 is 1.23 bits per heavy atom. The van der Waals surface area contributed by atoms with E-state index in [1.165, 1.54) is 24.8 Å². The predicted molar refractivity (Wildman–Crippen MR) is 51.2 cm³/mol. The van der Waals surface area contributed by atoms with E-state index in [1.54, 1.807) is 0 Å². The van der Waals surface area contributed by atoms with Crippen molar-refractivity contribution in [3.05, 3.63) is 11.1 Å². The fourth-order valence-corrected chi connectivity index (χ4v) is 3.96. The molecule has 1 heteroatoms. The smallest absolute Gasteiger partial charge is 0.162 e. The van der Waals surface area contributed by atoms with Crippen LogP contribution in [-0.4, -0.2) is 5.78 Å². The van der Waals surface area contributed by atoms with Gasteiger partial charge >= 0.3 is 0 Å². The van der Waals surface area contributed by atoms with Gasteiger partial charge in [-0.05, 0) is 56.4 Å². The maximum absolute atomic E-state index is 12.0. The molecule has 0 amide bonds. The minimum absolute atomic E-state index is 0.439. The summed E-state index contributed by atoms with van der Waals surface area (Å²) < 4.78 is 0. The quantitative estimate of drug-likeness (QED) is 0.554. The minimum atomic E-state index is 0.439. The second-order valence-corrected chi connectivity index (χ2v) is 5.04. The highest BCUT2D eigenvalue weighted by molar-refractivity contribution is 5.99. The second-order valence-electron chi connectivity index (χ2n) is 5.04. The molecule has 0 radical (unpaired) electrons. The van der Waals surface area contributed by atoms with Crippen molar-refractivity contribution in [3.8, 4) is 0 Å². The van der Waals surface area contributed by atoms with Crippen LogP contribution in [0.4, 0.5) is 0 Å². The molecule has 0 saturated heterocycles. The first kappa shape index (κ1) is 7.78. The Bertz CT molecular complexity index is 313. The zero-order chi connectivity index (χ0) is 9.16. The molecule has 3 aliphatic rings. The summed E-state index contributed by atoms with van der Waals surface area (Å²) in [5.41, 5.74) is 2.50. The van der Waals surface area contributed by atoms with E-state index >= 15 is 0 Å². The van der Waals surface area contributed by atoms with Gasteiger partial charge in [0.2, 0.25) is 0 Å². The van der Waals surface area contributed by atoms with Crippen LogP contribution in [0.1, 0.15) is 33.1 Å². The molecule has 13 heavy (non-hydrogen) atoms. The topological polar surface area (TPSA) is 17.1 Å². The average Bonchev–Trinajstić information content (AvgIpc) is 2.67. The first-order valence-electron chi connectivity index (χ1n) is 5.41. The number of hydrogen-bond donors (Lipinski definition) is 0. The van der Waals surface area contributed by atoms with Gasteiger partial charge in [0.05, 0.1) is 0 Å². The van der Waals surface area contributed by atoms with Crippen molar-refractivity contribution in [1.82, 2.24) is 0 Å². The lowest BCUT2D eigenvalue weighted by Gasteiger charge is -2.28. The number of Topliss-reactive ketones (excluding diaryl/α,β-unsaturated/α-hetero) is 1. The Balaban J connectivity index is 2.12. The lowest BCUT2D eigenvalue weighted by atomic mass is 9.75. The first-order chi connectivity index (χ1) is 6.20. The Labute approximate surface area is 79.2 Å². The summed E-state index contributed by atoms with van der Waals surface area (Å²) in [5, 5.41) is 0. The van der Waals surface area contributed by atoms with E-state index in [9.17, 15) is 4.79 Å². The number of hydrogen-bond acceptors (Lipinski definition) is 1. The Morgan fingerprint density at radius 3 is 2.77 bits per heavy atom. The largest absolute Gasteiger partial charge is 0.294 e. The van der Waals surface area contributed by atoms with Crippen molar-refractivity contribution in [1.29, 1.82) is 0 Å². The van der Waals surface area contributed by atoms with Gasteiger partial charge in [0.1, 0.15) is 0 Å². The number of carbonyl (C=O) groups excluding carboxylic acids is 1. The molecule has 3 rings (SSSR count). The summed E-state index contributed by atoms with van der Waals surface area (Å²) in [4.78, 5) is 12.0. The molecule has 2 saturated carbocycles. The van der Waals surface area contributed by atoms with Crippen LogP contribution in [0, 0.1) is 23.7 Å². The van der Waals surface area contributed by atoms with Crippen LogP contribution in [-0.2, 0) is 4.79 Å². The Morgan fingerprint density at radius 2 is 2.00 bits per heavy atom. The zero-order valence-electron chi connectivity index (χ0n) is 8.34. The van der Waals surface area contributed by atoms with Gasteiger partial charge in [-0.1, -0.05) is 5.57 Å². The van der Waals surface area contributed by atoms with Crippen molar-refractivity contribution >= 4 is 5.78 Å². The highest BCUT2D eigenvalue weighted by Gasteiger charge is 2.54. The van der Waals surface area contributed by atoms with Gasteiger partial charge in [-0.25, -0.2) is 0 Å². The molecule has 4 unspecified atom stereocenters. The van der Waals surface area contributed by atoms with Gasteiger partial charge in [0.15, 0.2) is 5.78 Å². The molecule has 1 nitrogen and oxygen atoms in total. The van der Waals surface area contributed by atoms with Gasteiger partial charge in [0.25, 0.3) is 0 Å². The lowest BCUT2D eigenvalue weighted by Crippen LogP contribution is -2.27. The summed E-state index contributed by atoms with van der Waals surface area (Å²) in [6.07, 6.45) is 3.94. The third-order valence-corrected chi connectivity index (χ3v) is 4.73. The second kappa shape index (κ2) is 2.26. The summed E-state index contributed by atoms with van der Waals surface area (Å²) in [6, 6.07) is 0. The number of carbonyl (C=O) groups is 1. The monoisotopic (exact) mass is 176 g/mol. The van der Waals surface area contributed by atoms with Gasteiger partial charge < -0.3 is 0 Å². The van der Waals surface area contributed by atoms with E-state index in [1.807, 2.05) is 6.92 Å². The highest BCUT2D eigenvalue weighted by atomic mass is 16.1. The van der Waals surface area contributed by atoms with Gasteiger partial charge in [-0.3, -0.25) is 4.79 Å². The van der Waals surface area contributed by atoms with Crippen molar-refractivity contribution in [2.24, 2.45) is 23.7 Å². The van der Waals surface area contributed by atoms with Crippen LogP contribution in [0.25, 0.3) is 0 Å². The first-order valence-corrected chi connectivity index (χ1v) is 5.41. The molecule has 0 aromatic heterocycles. The number of allylic oxidation sites excluding steroid dienone is 2. The molecule has 70 valence electrons. The fraction of sp³-hybridized carbons (Fsp3) is 0.750. The molecule has 0 aromatic carbocycles. The molecular weight excluding hydrogens is 160 g/mol. The van der Waals surface area contributed by atoms with Gasteiger partial charge in [-0.15, -0.1) is 0 Å². The molecule has 2 fully saturated rings. The Kier molecular flexibility index (Phi) is 1.35. The average molecular weight is 176 g/mol. The van der Waals surface area contributed by atoms with Crippen LogP contribution >= 0.6 is 0 Å². The molecule has 0 aromatic rings. The summed E-state index contributed by atoms with van der Waals surface area (Å²) in [6.45, 7) is 4.20. The van der Waals surface area contributed by atoms with Crippen LogP contribution in [0.15, 0.2) is 11.1 Å². The van der Waals surface area contributed by atoms with Crippen molar-refractivity contribution in [3.63, 3.8) is 0 Å². The lowest BCUT2D eigenvalue weighted by molar-refractivity contribution is -0.121. The molecule has 0 spiro atoms. The summed E-state index contributed by atoms with van der Waals surface area (Å²) >= 11 is 0. The van der Waals surface area contributed by atoms with E-state index in [4.69, 9.17) is 0 Å². The summed E-state index contributed by atoms with van der Waals surface area (Å²) in [7, 11) is 0. The maximum atomic E-state index is 12.0.